The van der Waals surface area contributed by atoms with Gasteiger partial charge in [-0.05, 0) is 60.7 Å². The fraction of sp³-hybridized carbons (Fsp3) is 0.130. The number of para-hydroxylation sites is 2. The van der Waals surface area contributed by atoms with Crippen LogP contribution in [0.1, 0.15) is 10.4 Å². The molecule has 0 saturated heterocycles. The molecular formula is C23H23N3O6S. The normalized spacial score (nSPS) is 10.8. The van der Waals surface area contributed by atoms with Crippen molar-refractivity contribution in [2.75, 3.05) is 36.2 Å². The van der Waals surface area contributed by atoms with Gasteiger partial charge < -0.3 is 20.1 Å². The average molecular weight is 470 g/mol. The minimum Gasteiger partial charge on any atom is -0.495 e. The molecule has 3 N–H and O–H groups in total. The number of sulfonamides is 1. The smallest absolute Gasteiger partial charge is 0.262 e. The molecule has 0 atom stereocenters. The summed E-state index contributed by atoms with van der Waals surface area (Å²) in [7, 11) is -0.994. The SMILES string of the molecule is COCC(=O)Nc1ccc(NC(=O)c2ccc(S(=O)(=O)Nc3ccccc3OC)cc2)cc1. The van der Waals surface area contributed by atoms with Gasteiger partial charge in [-0.3, -0.25) is 14.3 Å². The maximum atomic E-state index is 12.7. The van der Waals surface area contributed by atoms with E-state index < -0.39 is 15.9 Å². The molecule has 172 valence electrons. The van der Waals surface area contributed by atoms with Crippen molar-refractivity contribution in [3.63, 3.8) is 0 Å². The molecule has 0 bridgehead atoms. The molecule has 2 amide bonds. The molecule has 3 aromatic rings. The van der Waals surface area contributed by atoms with Gasteiger partial charge >= 0.3 is 0 Å². The first kappa shape index (κ1) is 23.8. The van der Waals surface area contributed by atoms with Crippen molar-refractivity contribution in [3.8, 4) is 5.75 Å². The molecule has 0 heterocycles. The third kappa shape index (κ3) is 6.31. The summed E-state index contributed by atoms with van der Waals surface area (Å²) in [5, 5.41) is 5.37. The van der Waals surface area contributed by atoms with E-state index in [1.54, 1.807) is 48.5 Å². The van der Waals surface area contributed by atoms with E-state index >= 15 is 0 Å². The second-order valence-corrected chi connectivity index (χ2v) is 8.53. The predicted octanol–water partition coefficient (Wildman–Crippen LogP) is 3.33. The van der Waals surface area contributed by atoms with Crippen LogP contribution in [0.5, 0.6) is 5.75 Å². The lowest BCUT2D eigenvalue weighted by atomic mass is 10.2. The Bertz CT molecular complexity index is 1230. The molecule has 3 rings (SSSR count). The van der Waals surface area contributed by atoms with E-state index in [0.29, 0.717) is 22.8 Å². The van der Waals surface area contributed by atoms with E-state index in [0.717, 1.165) is 0 Å². The quantitative estimate of drug-likeness (QED) is 0.442. The molecule has 0 aromatic heterocycles. The van der Waals surface area contributed by atoms with Crippen LogP contribution in [0.4, 0.5) is 17.1 Å². The number of ether oxygens (including phenoxy) is 2. The summed E-state index contributed by atoms with van der Waals surface area (Å²) >= 11 is 0. The fourth-order valence-electron chi connectivity index (χ4n) is 2.89. The number of nitrogens with one attached hydrogen (secondary N) is 3. The van der Waals surface area contributed by atoms with Gasteiger partial charge in [0.25, 0.3) is 15.9 Å². The molecule has 33 heavy (non-hydrogen) atoms. The van der Waals surface area contributed by atoms with Crippen LogP contribution >= 0.6 is 0 Å². The highest BCUT2D eigenvalue weighted by Crippen LogP contribution is 2.26. The fourth-order valence-corrected chi connectivity index (χ4v) is 3.96. The highest BCUT2D eigenvalue weighted by Gasteiger charge is 2.17. The number of benzene rings is 3. The van der Waals surface area contributed by atoms with Crippen molar-refractivity contribution in [2.24, 2.45) is 0 Å². The van der Waals surface area contributed by atoms with Crippen molar-refractivity contribution in [1.82, 2.24) is 0 Å². The zero-order valence-electron chi connectivity index (χ0n) is 18.0. The first-order chi connectivity index (χ1) is 15.8. The molecule has 0 unspecified atom stereocenters. The summed E-state index contributed by atoms with van der Waals surface area (Å²) in [5.41, 5.74) is 1.67. The molecule has 0 aliphatic heterocycles. The Morgan fingerprint density at radius 2 is 1.42 bits per heavy atom. The van der Waals surface area contributed by atoms with E-state index in [1.165, 1.54) is 38.5 Å². The lowest BCUT2D eigenvalue weighted by Crippen LogP contribution is -2.17. The maximum Gasteiger partial charge on any atom is 0.262 e. The second-order valence-electron chi connectivity index (χ2n) is 6.84. The standard InChI is InChI=1S/C23H23N3O6S/c1-31-15-22(27)24-17-9-11-18(12-10-17)25-23(28)16-7-13-19(14-8-16)33(29,30)26-20-5-3-4-6-21(20)32-2/h3-14,26H,15H2,1-2H3,(H,24,27)(H,25,28). The van der Waals surface area contributed by atoms with Crippen molar-refractivity contribution >= 4 is 38.9 Å². The van der Waals surface area contributed by atoms with Gasteiger partial charge in [-0.25, -0.2) is 8.42 Å². The van der Waals surface area contributed by atoms with Gasteiger partial charge in [-0.2, -0.15) is 0 Å². The highest BCUT2D eigenvalue weighted by atomic mass is 32.2. The van der Waals surface area contributed by atoms with Crippen LogP contribution in [0.15, 0.2) is 77.7 Å². The van der Waals surface area contributed by atoms with Crippen LogP contribution in [-0.4, -0.2) is 41.1 Å². The third-order valence-electron chi connectivity index (χ3n) is 4.48. The van der Waals surface area contributed by atoms with Crippen LogP contribution in [0.3, 0.4) is 0 Å². The van der Waals surface area contributed by atoms with Gasteiger partial charge in [0.1, 0.15) is 12.4 Å². The lowest BCUT2D eigenvalue weighted by molar-refractivity contribution is -0.119. The number of amides is 2. The third-order valence-corrected chi connectivity index (χ3v) is 5.86. The lowest BCUT2D eigenvalue weighted by Gasteiger charge is -2.12. The molecule has 3 aromatic carbocycles. The van der Waals surface area contributed by atoms with Crippen LogP contribution in [0.25, 0.3) is 0 Å². The van der Waals surface area contributed by atoms with E-state index in [-0.39, 0.29) is 23.0 Å². The molecule has 0 fully saturated rings. The van der Waals surface area contributed by atoms with Crippen molar-refractivity contribution in [2.45, 2.75) is 4.90 Å². The number of anilines is 3. The summed E-state index contributed by atoms with van der Waals surface area (Å²) in [4.78, 5) is 24.1. The monoisotopic (exact) mass is 469 g/mol. The van der Waals surface area contributed by atoms with Crippen molar-refractivity contribution in [3.05, 3.63) is 78.4 Å². The van der Waals surface area contributed by atoms with E-state index in [1.807, 2.05) is 0 Å². The predicted molar refractivity (Wildman–Crippen MR) is 125 cm³/mol. The average Bonchev–Trinajstić information content (AvgIpc) is 2.80. The summed E-state index contributed by atoms with van der Waals surface area (Å²) in [6, 6.07) is 18.7. The van der Waals surface area contributed by atoms with Crippen molar-refractivity contribution in [1.29, 1.82) is 0 Å². The molecule has 0 spiro atoms. The number of methoxy groups -OCH3 is 2. The highest BCUT2D eigenvalue weighted by molar-refractivity contribution is 7.92. The molecule has 0 radical (unpaired) electrons. The molecule has 9 nitrogen and oxygen atoms in total. The van der Waals surface area contributed by atoms with Crippen LogP contribution in [0, 0.1) is 0 Å². The first-order valence-corrected chi connectivity index (χ1v) is 11.3. The Morgan fingerprint density at radius 1 is 0.818 bits per heavy atom. The topological polar surface area (TPSA) is 123 Å². The number of carbonyl (C=O) groups excluding carboxylic acids is 2. The second kappa shape index (κ2) is 10.6. The van der Waals surface area contributed by atoms with Gasteiger partial charge in [0.15, 0.2) is 0 Å². The number of rotatable bonds is 9. The summed E-state index contributed by atoms with van der Waals surface area (Å²) < 4.78 is 37.8. The Hall–Kier alpha value is -3.89. The van der Waals surface area contributed by atoms with Crippen molar-refractivity contribution < 1.29 is 27.5 Å². The minimum absolute atomic E-state index is 0.00103. The molecular weight excluding hydrogens is 446 g/mol. The van der Waals surface area contributed by atoms with Gasteiger partial charge in [0.2, 0.25) is 5.91 Å². The summed E-state index contributed by atoms with van der Waals surface area (Å²) in [6.45, 7) is -0.0569. The minimum atomic E-state index is -3.87. The van der Waals surface area contributed by atoms with E-state index in [2.05, 4.69) is 15.4 Å². The zero-order chi connectivity index (χ0) is 23.8. The maximum absolute atomic E-state index is 12.7. The number of carbonyl (C=O) groups is 2. The number of hydrogen-bond donors (Lipinski definition) is 3. The molecule has 0 aliphatic rings. The van der Waals surface area contributed by atoms with Crippen LogP contribution in [0.2, 0.25) is 0 Å². The molecule has 10 heteroatoms. The first-order valence-electron chi connectivity index (χ1n) is 9.78. The molecule has 0 aliphatic carbocycles. The Balaban J connectivity index is 1.65. The van der Waals surface area contributed by atoms with Gasteiger partial charge in [-0.15, -0.1) is 0 Å². The zero-order valence-corrected chi connectivity index (χ0v) is 18.8. The largest absolute Gasteiger partial charge is 0.495 e. The van der Waals surface area contributed by atoms with Crippen LogP contribution in [-0.2, 0) is 19.6 Å². The van der Waals surface area contributed by atoms with E-state index in [9.17, 15) is 18.0 Å². The molecule has 0 saturated carbocycles. The van der Waals surface area contributed by atoms with Gasteiger partial charge in [-0.1, -0.05) is 12.1 Å². The Labute approximate surface area is 191 Å². The van der Waals surface area contributed by atoms with Gasteiger partial charge in [0, 0.05) is 24.0 Å². The summed E-state index contributed by atoms with van der Waals surface area (Å²) in [5.74, 6) is -0.307. The van der Waals surface area contributed by atoms with E-state index in [4.69, 9.17) is 9.47 Å². The van der Waals surface area contributed by atoms with Crippen LogP contribution < -0.4 is 20.1 Å². The number of hydrogen-bond acceptors (Lipinski definition) is 6. The Kier molecular flexibility index (Phi) is 7.65. The van der Waals surface area contributed by atoms with Gasteiger partial charge in [0.05, 0.1) is 17.7 Å². The summed E-state index contributed by atoms with van der Waals surface area (Å²) in [6.07, 6.45) is 0. The Morgan fingerprint density at radius 3 is 2.03 bits per heavy atom.